The Morgan fingerprint density at radius 1 is 1.22 bits per heavy atom. The lowest BCUT2D eigenvalue weighted by molar-refractivity contribution is 0.162. The van der Waals surface area contributed by atoms with Gasteiger partial charge in [-0.25, -0.2) is 0 Å². The minimum atomic E-state index is 0.0765. The summed E-state index contributed by atoms with van der Waals surface area (Å²) in [5.74, 6) is 1.75. The van der Waals surface area contributed by atoms with Crippen LogP contribution in [0.25, 0.3) is 0 Å². The Labute approximate surface area is 121 Å². The van der Waals surface area contributed by atoms with E-state index in [4.69, 9.17) is 9.15 Å². The molecule has 1 heterocycles. The molecule has 96 valence electrons. The van der Waals surface area contributed by atoms with Crippen molar-refractivity contribution in [2.24, 2.45) is 0 Å². The number of benzene rings is 1. The quantitative estimate of drug-likeness (QED) is 0.834. The third-order valence-electron chi connectivity index (χ3n) is 2.75. The van der Waals surface area contributed by atoms with Crippen LogP contribution >= 0.6 is 22.6 Å². The minimum absolute atomic E-state index is 0.0765. The Morgan fingerprint density at radius 2 is 1.94 bits per heavy atom. The third-order valence-corrected chi connectivity index (χ3v) is 3.46. The van der Waals surface area contributed by atoms with E-state index in [2.05, 4.69) is 52.2 Å². The van der Waals surface area contributed by atoms with E-state index >= 15 is 0 Å². The lowest BCUT2D eigenvalue weighted by atomic mass is 10.1. The van der Waals surface area contributed by atoms with Gasteiger partial charge in [-0.1, -0.05) is 12.1 Å². The average Bonchev–Trinajstić information content (AvgIpc) is 2.82. The SMILES string of the molecule is CNC(c1ccc(I)cc1)c1ccc(COC)o1. The van der Waals surface area contributed by atoms with Crippen LogP contribution in [0.15, 0.2) is 40.8 Å². The second-order valence-electron chi connectivity index (χ2n) is 4.01. The summed E-state index contributed by atoms with van der Waals surface area (Å²) in [5.41, 5.74) is 1.19. The molecule has 18 heavy (non-hydrogen) atoms. The zero-order valence-corrected chi connectivity index (χ0v) is 12.6. The van der Waals surface area contributed by atoms with Gasteiger partial charge >= 0.3 is 0 Å². The summed E-state index contributed by atoms with van der Waals surface area (Å²) in [6.07, 6.45) is 0. The Morgan fingerprint density at radius 3 is 2.56 bits per heavy atom. The molecule has 0 radical (unpaired) electrons. The molecule has 0 aliphatic rings. The maximum absolute atomic E-state index is 5.77. The first kappa shape index (κ1) is 13.6. The Bertz CT molecular complexity index is 493. The van der Waals surface area contributed by atoms with Gasteiger partial charge in [0.05, 0.1) is 6.04 Å². The topological polar surface area (TPSA) is 34.4 Å². The fraction of sp³-hybridized carbons (Fsp3) is 0.286. The highest BCUT2D eigenvalue weighted by molar-refractivity contribution is 14.1. The van der Waals surface area contributed by atoms with E-state index in [9.17, 15) is 0 Å². The molecule has 0 aliphatic carbocycles. The number of nitrogens with one attached hydrogen (secondary N) is 1. The normalized spacial score (nSPS) is 12.6. The molecule has 1 unspecified atom stereocenters. The fourth-order valence-corrected chi connectivity index (χ4v) is 2.26. The van der Waals surface area contributed by atoms with Crippen molar-refractivity contribution >= 4 is 22.6 Å². The van der Waals surface area contributed by atoms with E-state index in [1.165, 1.54) is 9.13 Å². The van der Waals surface area contributed by atoms with Crippen molar-refractivity contribution in [2.75, 3.05) is 14.2 Å². The molecule has 0 saturated carbocycles. The van der Waals surface area contributed by atoms with Crippen molar-refractivity contribution in [3.8, 4) is 0 Å². The third kappa shape index (κ3) is 3.13. The number of rotatable bonds is 5. The van der Waals surface area contributed by atoms with E-state index in [1.54, 1.807) is 7.11 Å². The summed E-state index contributed by atoms with van der Waals surface area (Å²) in [7, 11) is 3.60. The molecule has 0 saturated heterocycles. The van der Waals surface area contributed by atoms with Gasteiger partial charge in [0.15, 0.2) is 0 Å². The first-order chi connectivity index (χ1) is 8.74. The lowest BCUT2D eigenvalue weighted by Gasteiger charge is -2.14. The van der Waals surface area contributed by atoms with Crippen molar-refractivity contribution in [3.63, 3.8) is 0 Å². The number of hydrogen-bond donors (Lipinski definition) is 1. The Kier molecular flexibility index (Phi) is 4.79. The maximum atomic E-state index is 5.77. The summed E-state index contributed by atoms with van der Waals surface area (Å²) in [6, 6.07) is 12.4. The molecule has 1 N–H and O–H groups in total. The smallest absolute Gasteiger partial charge is 0.129 e. The van der Waals surface area contributed by atoms with Crippen molar-refractivity contribution in [1.82, 2.24) is 5.32 Å². The second kappa shape index (κ2) is 6.36. The highest BCUT2D eigenvalue weighted by Crippen LogP contribution is 2.24. The lowest BCUT2D eigenvalue weighted by Crippen LogP contribution is -2.16. The van der Waals surface area contributed by atoms with Crippen LogP contribution in [-0.2, 0) is 11.3 Å². The standard InChI is InChI=1S/C14H16INO2/c1-16-14(10-3-5-11(15)6-4-10)13-8-7-12(18-13)9-17-2/h3-8,14,16H,9H2,1-2H3. The van der Waals surface area contributed by atoms with Gasteiger partial charge in [0.1, 0.15) is 18.1 Å². The van der Waals surface area contributed by atoms with Gasteiger partial charge < -0.3 is 14.5 Å². The van der Waals surface area contributed by atoms with E-state index in [0.29, 0.717) is 6.61 Å². The van der Waals surface area contributed by atoms with Crippen LogP contribution in [-0.4, -0.2) is 14.2 Å². The molecule has 4 heteroatoms. The molecule has 3 nitrogen and oxygen atoms in total. The predicted octanol–water partition coefficient (Wildman–Crippen LogP) is 3.34. The zero-order chi connectivity index (χ0) is 13.0. The summed E-state index contributed by atoms with van der Waals surface area (Å²) in [4.78, 5) is 0. The molecular weight excluding hydrogens is 341 g/mol. The van der Waals surface area contributed by atoms with Crippen LogP contribution in [0.4, 0.5) is 0 Å². The molecule has 2 aromatic rings. The second-order valence-corrected chi connectivity index (χ2v) is 5.26. The van der Waals surface area contributed by atoms with E-state index < -0.39 is 0 Å². The van der Waals surface area contributed by atoms with Crippen LogP contribution in [0.3, 0.4) is 0 Å². The van der Waals surface area contributed by atoms with Gasteiger partial charge in [-0.05, 0) is 59.5 Å². The van der Waals surface area contributed by atoms with E-state index in [1.807, 2.05) is 19.2 Å². The molecular formula is C14H16INO2. The van der Waals surface area contributed by atoms with Gasteiger partial charge in [0.2, 0.25) is 0 Å². The highest BCUT2D eigenvalue weighted by atomic mass is 127. The van der Waals surface area contributed by atoms with Crippen LogP contribution in [0.1, 0.15) is 23.1 Å². The number of furan rings is 1. The monoisotopic (exact) mass is 357 g/mol. The minimum Gasteiger partial charge on any atom is -0.462 e. The van der Waals surface area contributed by atoms with E-state index in [-0.39, 0.29) is 6.04 Å². The van der Waals surface area contributed by atoms with Crippen LogP contribution in [0, 0.1) is 3.57 Å². The molecule has 1 aromatic heterocycles. The van der Waals surface area contributed by atoms with Gasteiger partial charge in [0.25, 0.3) is 0 Å². The molecule has 1 aromatic carbocycles. The van der Waals surface area contributed by atoms with Gasteiger partial charge in [-0.2, -0.15) is 0 Å². The molecule has 0 amide bonds. The van der Waals surface area contributed by atoms with Crippen LogP contribution in [0.5, 0.6) is 0 Å². The maximum Gasteiger partial charge on any atom is 0.129 e. The molecule has 2 rings (SSSR count). The zero-order valence-electron chi connectivity index (χ0n) is 10.4. The summed E-state index contributed by atoms with van der Waals surface area (Å²) in [5, 5.41) is 3.27. The first-order valence-electron chi connectivity index (χ1n) is 5.75. The van der Waals surface area contributed by atoms with Crippen molar-refractivity contribution in [2.45, 2.75) is 12.6 Å². The molecule has 0 fully saturated rings. The van der Waals surface area contributed by atoms with E-state index in [0.717, 1.165) is 11.5 Å². The molecule has 1 atom stereocenters. The number of methoxy groups -OCH3 is 1. The van der Waals surface area contributed by atoms with Gasteiger partial charge in [-0.15, -0.1) is 0 Å². The molecule has 0 aliphatic heterocycles. The highest BCUT2D eigenvalue weighted by Gasteiger charge is 2.15. The van der Waals surface area contributed by atoms with Crippen molar-refractivity contribution < 1.29 is 9.15 Å². The van der Waals surface area contributed by atoms with Crippen molar-refractivity contribution in [1.29, 1.82) is 0 Å². The summed E-state index contributed by atoms with van der Waals surface area (Å²) >= 11 is 2.30. The van der Waals surface area contributed by atoms with Gasteiger partial charge in [0, 0.05) is 10.7 Å². The fourth-order valence-electron chi connectivity index (χ4n) is 1.90. The van der Waals surface area contributed by atoms with Crippen LogP contribution in [0.2, 0.25) is 0 Å². The van der Waals surface area contributed by atoms with Crippen molar-refractivity contribution in [3.05, 3.63) is 57.1 Å². The summed E-state index contributed by atoms with van der Waals surface area (Å²) < 4.78 is 12.1. The number of halogens is 1. The average molecular weight is 357 g/mol. The Balaban J connectivity index is 2.24. The molecule has 0 bridgehead atoms. The Hall–Kier alpha value is -0.850. The first-order valence-corrected chi connectivity index (χ1v) is 6.82. The van der Waals surface area contributed by atoms with Gasteiger partial charge in [-0.3, -0.25) is 0 Å². The predicted molar refractivity (Wildman–Crippen MR) is 79.5 cm³/mol. The van der Waals surface area contributed by atoms with Crippen LogP contribution < -0.4 is 5.32 Å². The molecule has 0 spiro atoms. The number of ether oxygens (including phenoxy) is 1. The largest absolute Gasteiger partial charge is 0.462 e. The number of hydrogen-bond acceptors (Lipinski definition) is 3. The summed E-state index contributed by atoms with van der Waals surface area (Å²) in [6.45, 7) is 0.503.